The molecule has 2 atom stereocenters. The predicted molar refractivity (Wildman–Crippen MR) is 239 cm³/mol. The van der Waals surface area contributed by atoms with Gasteiger partial charge in [-0.15, -0.1) is 0 Å². The summed E-state index contributed by atoms with van der Waals surface area (Å²) in [4.78, 5) is 0. The van der Waals surface area contributed by atoms with Gasteiger partial charge in [-0.05, 0) is 109 Å². The van der Waals surface area contributed by atoms with Crippen molar-refractivity contribution in [2.75, 3.05) is 14.2 Å². The molecule has 0 amide bonds. The zero-order valence-electron chi connectivity index (χ0n) is 31.9. The summed E-state index contributed by atoms with van der Waals surface area (Å²) in [7, 11) is 0.239. The van der Waals surface area contributed by atoms with Crippen LogP contribution in [0.3, 0.4) is 0 Å². The van der Waals surface area contributed by atoms with Crippen LogP contribution in [0.2, 0.25) is 0 Å². The lowest BCUT2D eigenvalue weighted by atomic mass is 9.60. The molecule has 276 valence electrons. The lowest BCUT2D eigenvalue weighted by Crippen LogP contribution is -2.38. The molecule has 4 heteroatoms. The topological polar surface area (TPSA) is 35.5 Å². The molecule has 0 aliphatic heterocycles. The Bertz CT molecular complexity index is 2970. The highest BCUT2D eigenvalue weighted by atomic mass is 31.2. The fourth-order valence-corrected chi connectivity index (χ4v) is 12.3. The fraction of sp³-hybridized carbons (Fsp3) is 0.0943. The third-order valence-corrected chi connectivity index (χ3v) is 15.3. The molecule has 0 saturated carbocycles. The molecule has 0 heterocycles. The Morgan fingerprint density at radius 3 is 1.58 bits per heavy atom. The van der Waals surface area contributed by atoms with E-state index in [1.165, 1.54) is 48.7 Å². The summed E-state index contributed by atoms with van der Waals surface area (Å²) in [5, 5.41) is 12.5. The van der Waals surface area contributed by atoms with Gasteiger partial charge < -0.3 is 14.0 Å². The lowest BCUT2D eigenvalue weighted by molar-refractivity contribution is 0.298. The van der Waals surface area contributed by atoms with Crippen LogP contribution in [-0.2, 0) is 14.7 Å². The van der Waals surface area contributed by atoms with Crippen molar-refractivity contribution in [3.8, 4) is 5.75 Å². The van der Waals surface area contributed by atoms with Gasteiger partial charge >= 0.3 is 0 Å². The minimum absolute atomic E-state index is 0.00481. The van der Waals surface area contributed by atoms with Gasteiger partial charge in [0.15, 0.2) is 7.14 Å². The maximum absolute atomic E-state index is 15.6. The second-order valence-electron chi connectivity index (χ2n) is 15.0. The molecule has 3 nitrogen and oxygen atoms in total. The molecule has 9 aromatic rings. The Morgan fingerprint density at radius 2 is 1.04 bits per heavy atom. The van der Waals surface area contributed by atoms with Gasteiger partial charge in [0.1, 0.15) is 11.5 Å². The molecule has 0 aromatic heterocycles. The van der Waals surface area contributed by atoms with Crippen LogP contribution in [-0.4, -0.2) is 14.2 Å². The number of allylic oxidation sites excluding steroid dienone is 3. The standard InChI is InChI=1S/C53H41O3P/c1-55-42-28-22-38(23-29-42)53(39-24-30-43(56-2)31-25-39,40-26-32-46(33-27-40)57(54,44-15-5-3-6-16-44)45-17-7-4-8-18-45)41-34-37-14-11-20-48-47-19-9-12-36-13-10-21-49(51(36)47)50(35-41)52(37)48/h3-24,26-35,39H,25H2,1-2H3. The summed E-state index contributed by atoms with van der Waals surface area (Å²) >= 11 is 0. The second kappa shape index (κ2) is 14.0. The second-order valence-corrected chi connectivity index (χ2v) is 17.8. The fourth-order valence-electron chi connectivity index (χ4n) is 9.61. The highest BCUT2D eigenvalue weighted by molar-refractivity contribution is 7.85. The van der Waals surface area contributed by atoms with Crippen molar-refractivity contribution in [1.82, 2.24) is 0 Å². The van der Waals surface area contributed by atoms with Crippen molar-refractivity contribution in [2.24, 2.45) is 5.92 Å². The molecular weight excluding hydrogens is 716 g/mol. The summed E-state index contributed by atoms with van der Waals surface area (Å²) in [6.45, 7) is 0. The average molecular weight is 757 g/mol. The zero-order valence-corrected chi connectivity index (χ0v) is 32.8. The lowest BCUT2D eigenvalue weighted by Gasteiger charge is -2.43. The first-order valence-corrected chi connectivity index (χ1v) is 21.2. The van der Waals surface area contributed by atoms with E-state index in [9.17, 15) is 0 Å². The SMILES string of the molecule is COC1=CCC(C(c2ccc(OC)cc2)(c2ccc(P(=O)(c3ccccc3)c3ccccc3)cc2)c2cc3cccc4c5cccc6cccc(c(c2)c34)c65)C=C1. The van der Waals surface area contributed by atoms with E-state index in [2.05, 4.69) is 133 Å². The molecular formula is C53H41O3P. The van der Waals surface area contributed by atoms with Crippen molar-refractivity contribution in [3.05, 3.63) is 217 Å². The number of fused-ring (bicyclic) bond motifs is 2. The highest BCUT2D eigenvalue weighted by Crippen LogP contribution is 2.52. The molecule has 1 aliphatic rings. The molecule has 0 fully saturated rings. The Kier molecular flexibility index (Phi) is 8.58. The van der Waals surface area contributed by atoms with Gasteiger partial charge in [-0.3, -0.25) is 0 Å². The first-order chi connectivity index (χ1) is 28.0. The molecule has 0 spiro atoms. The maximum Gasteiger partial charge on any atom is 0.171 e. The van der Waals surface area contributed by atoms with Crippen LogP contribution in [0.25, 0.3) is 43.1 Å². The van der Waals surface area contributed by atoms with Gasteiger partial charge in [-0.1, -0.05) is 158 Å². The number of rotatable bonds is 9. The van der Waals surface area contributed by atoms with Crippen molar-refractivity contribution in [3.63, 3.8) is 0 Å². The minimum Gasteiger partial charge on any atom is -0.497 e. The monoisotopic (exact) mass is 756 g/mol. The first-order valence-electron chi connectivity index (χ1n) is 19.5. The van der Waals surface area contributed by atoms with Crippen molar-refractivity contribution < 1.29 is 14.0 Å². The van der Waals surface area contributed by atoms with E-state index in [0.717, 1.165) is 45.0 Å². The van der Waals surface area contributed by atoms with Crippen molar-refractivity contribution in [1.29, 1.82) is 0 Å². The van der Waals surface area contributed by atoms with E-state index in [0.29, 0.717) is 0 Å². The smallest absolute Gasteiger partial charge is 0.171 e. The predicted octanol–water partition coefficient (Wildman–Crippen LogP) is 11.8. The Balaban J connectivity index is 1.29. The van der Waals surface area contributed by atoms with E-state index >= 15 is 4.57 Å². The van der Waals surface area contributed by atoms with Crippen LogP contribution >= 0.6 is 7.14 Å². The molecule has 0 saturated heterocycles. The largest absolute Gasteiger partial charge is 0.497 e. The molecule has 57 heavy (non-hydrogen) atoms. The Hall–Kier alpha value is -6.41. The van der Waals surface area contributed by atoms with Crippen molar-refractivity contribution in [2.45, 2.75) is 11.8 Å². The molecule has 0 radical (unpaired) electrons. The van der Waals surface area contributed by atoms with E-state index in [1.54, 1.807) is 14.2 Å². The Labute approximate surface area is 333 Å². The number of methoxy groups -OCH3 is 2. The number of hydrogen-bond donors (Lipinski definition) is 0. The molecule has 10 rings (SSSR count). The highest BCUT2D eigenvalue weighted by Gasteiger charge is 2.44. The van der Waals surface area contributed by atoms with Crippen LogP contribution in [0.4, 0.5) is 0 Å². The third-order valence-electron chi connectivity index (χ3n) is 12.2. The van der Waals surface area contributed by atoms with Gasteiger partial charge in [0.2, 0.25) is 0 Å². The average Bonchev–Trinajstić information content (AvgIpc) is 3.29. The maximum atomic E-state index is 15.6. The molecule has 2 unspecified atom stereocenters. The summed E-state index contributed by atoms with van der Waals surface area (Å²) in [6.07, 6.45) is 7.39. The minimum atomic E-state index is -3.20. The summed E-state index contributed by atoms with van der Waals surface area (Å²) in [5.41, 5.74) is 2.78. The van der Waals surface area contributed by atoms with Crippen LogP contribution in [0.15, 0.2) is 200 Å². The number of benzene rings is 9. The molecule has 0 N–H and O–H groups in total. The van der Waals surface area contributed by atoms with Crippen molar-refractivity contribution >= 4 is 66.1 Å². The van der Waals surface area contributed by atoms with Gasteiger partial charge in [-0.2, -0.15) is 0 Å². The van der Waals surface area contributed by atoms with Crippen LogP contribution in [0, 0.1) is 5.92 Å². The summed E-state index contributed by atoms with van der Waals surface area (Å²) in [5.74, 6) is 1.67. The summed E-state index contributed by atoms with van der Waals surface area (Å²) in [6, 6.07) is 62.0. The zero-order chi connectivity index (χ0) is 38.6. The van der Waals surface area contributed by atoms with Crippen LogP contribution in [0.5, 0.6) is 5.75 Å². The molecule has 9 aromatic carbocycles. The molecule has 0 bridgehead atoms. The first kappa shape index (κ1) is 35.0. The summed E-state index contributed by atoms with van der Waals surface area (Å²) < 4.78 is 27.0. The molecule has 1 aliphatic carbocycles. The van der Waals surface area contributed by atoms with Crippen LogP contribution in [0.1, 0.15) is 23.1 Å². The Morgan fingerprint density at radius 1 is 0.509 bits per heavy atom. The van der Waals surface area contributed by atoms with Gasteiger partial charge in [0.25, 0.3) is 0 Å². The van der Waals surface area contributed by atoms with Gasteiger partial charge in [0, 0.05) is 15.9 Å². The van der Waals surface area contributed by atoms with E-state index in [-0.39, 0.29) is 5.92 Å². The van der Waals surface area contributed by atoms with Crippen LogP contribution < -0.4 is 20.7 Å². The van der Waals surface area contributed by atoms with Gasteiger partial charge in [0.05, 0.1) is 19.6 Å². The van der Waals surface area contributed by atoms with E-state index in [1.807, 2.05) is 60.7 Å². The quantitative estimate of drug-likeness (QED) is 0.0637. The van der Waals surface area contributed by atoms with Gasteiger partial charge in [-0.25, -0.2) is 0 Å². The normalized spacial score (nSPS) is 15.5. The third kappa shape index (κ3) is 5.45. The van der Waals surface area contributed by atoms with E-state index in [4.69, 9.17) is 9.47 Å². The van der Waals surface area contributed by atoms with E-state index < -0.39 is 12.6 Å². The number of hydrogen-bond acceptors (Lipinski definition) is 3. The number of ether oxygens (including phenoxy) is 2.